The third-order valence-electron chi connectivity index (χ3n) is 6.78. The molecule has 4 rings (SSSR count). The summed E-state index contributed by atoms with van der Waals surface area (Å²) < 4.78 is 11.3. The highest BCUT2D eigenvalue weighted by atomic mass is 16.5. The molecule has 0 spiro atoms. The van der Waals surface area contributed by atoms with Gasteiger partial charge in [-0.25, -0.2) is 4.79 Å². The predicted octanol–water partition coefficient (Wildman–Crippen LogP) is 4.80. The monoisotopic (exact) mass is 500 g/mol. The van der Waals surface area contributed by atoms with Gasteiger partial charge in [0.25, 0.3) is 5.91 Å². The molecule has 37 heavy (non-hydrogen) atoms. The second-order valence-corrected chi connectivity index (χ2v) is 10.5. The fraction of sp³-hybridized carbons (Fsp3) is 0.300. The zero-order valence-electron chi connectivity index (χ0n) is 21.8. The minimum atomic E-state index is -1.39. The predicted molar refractivity (Wildman–Crippen MR) is 142 cm³/mol. The number of amides is 2. The van der Waals surface area contributed by atoms with Crippen LogP contribution >= 0.6 is 0 Å². The van der Waals surface area contributed by atoms with Crippen LogP contribution in [0.3, 0.4) is 0 Å². The Kier molecular flexibility index (Phi) is 6.82. The molecule has 1 aliphatic rings. The number of ether oxygens (including phenoxy) is 2. The number of nitrogens with two attached hydrogens (primary N) is 1. The number of hydrogen-bond acceptors (Lipinski definition) is 5. The van der Waals surface area contributed by atoms with Gasteiger partial charge in [0, 0.05) is 23.2 Å². The maximum Gasteiger partial charge on any atom is 0.332 e. The van der Waals surface area contributed by atoms with Crippen molar-refractivity contribution in [3.63, 3.8) is 0 Å². The van der Waals surface area contributed by atoms with Gasteiger partial charge in [0.05, 0.1) is 7.11 Å². The van der Waals surface area contributed by atoms with E-state index in [1.54, 1.807) is 44.4 Å². The number of hydrogen-bond donors (Lipinski definition) is 1. The van der Waals surface area contributed by atoms with Crippen LogP contribution in [0.15, 0.2) is 66.7 Å². The summed E-state index contributed by atoms with van der Waals surface area (Å²) in [7, 11) is 1.56. The van der Waals surface area contributed by atoms with Crippen molar-refractivity contribution in [2.24, 2.45) is 5.73 Å². The molecule has 7 heteroatoms. The standard InChI is InChI=1S/C30H32N2O5/c1-29(2,3)23-15-14-20(16-25(23)36-5)27(34)32-24-13-9-12-21(26(31)33)22(24)17-30(32,4)28(35)37-18-19-10-7-6-8-11-19/h6-16H,17-18H2,1-5H3,(H2,31,33). The van der Waals surface area contributed by atoms with Crippen molar-refractivity contribution < 1.29 is 23.9 Å². The van der Waals surface area contributed by atoms with Gasteiger partial charge in [-0.3, -0.25) is 14.5 Å². The van der Waals surface area contributed by atoms with Crippen molar-refractivity contribution in [2.45, 2.75) is 51.7 Å². The SMILES string of the molecule is COc1cc(C(=O)N2c3cccc(C(N)=O)c3CC2(C)C(=O)OCc2ccccc2)ccc1C(C)(C)C. The minimum absolute atomic E-state index is 0.0599. The van der Waals surface area contributed by atoms with Gasteiger partial charge in [0.1, 0.15) is 17.9 Å². The second-order valence-electron chi connectivity index (χ2n) is 10.5. The summed E-state index contributed by atoms with van der Waals surface area (Å²) in [6.07, 6.45) is 0.0953. The number of nitrogens with zero attached hydrogens (tertiary/aromatic N) is 1. The lowest BCUT2D eigenvalue weighted by Crippen LogP contribution is -2.54. The van der Waals surface area contributed by atoms with Gasteiger partial charge in [-0.2, -0.15) is 0 Å². The van der Waals surface area contributed by atoms with E-state index < -0.39 is 23.3 Å². The third kappa shape index (κ3) is 4.81. The van der Waals surface area contributed by atoms with Crippen LogP contribution in [0.1, 0.15) is 65.1 Å². The van der Waals surface area contributed by atoms with Gasteiger partial charge in [-0.15, -0.1) is 0 Å². The Labute approximate surface area is 217 Å². The molecule has 0 radical (unpaired) electrons. The molecule has 0 bridgehead atoms. The largest absolute Gasteiger partial charge is 0.496 e. The lowest BCUT2D eigenvalue weighted by atomic mass is 9.85. The lowest BCUT2D eigenvalue weighted by Gasteiger charge is -2.34. The summed E-state index contributed by atoms with van der Waals surface area (Å²) in [5.74, 6) is -1.02. The van der Waals surface area contributed by atoms with Crippen LogP contribution in [-0.4, -0.2) is 30.4 Å². The smallest absolute Gasteiger partial charge is 0.332 e. The van der Waals surface area contributed by atoms with Gasteiger partial charge in [-0.05, 0) is 53.3 Å². The average Bonchev–Trinajstić information content (AvgIpc) is 3.19. The van der Waals surface area contributed by atoms with Gasteiger partial charge >= 0.3 is 5.97 Å². The van der Waals surface area contributed by atoms with E-state index in [9.17, 15) is 14.4 Å². The van der Waals surface area contributed by atoms with Crippen LogP contribution in [0.5, 0.6) is 5.75 Å². The summed E-state index contributed by atoms with van der Waals surface area (Å²) in [6, 6.07) is 19.6. The van der Waals surface area contributed by atoms with Crippen LogP contribution in [0.4, 0.5) is 5.69 Å². The average molecular weight is 501 g/mol. The highest BCUT2D eigenvalue weighted by Gasteiger charge is 2.51. The number of methoxy groups -OCH3 is 1. The zero-order chi connectivity index (χ0) is 27.0. The molecule has 2 amide bonds. The molecule has 1 unspecified atom stereocenters. The van der Waals surface area contributed by atoms with Crippen LogP contribution in [0.25, 0.3) is 0 Å². The normalized spacial score (nSPS) is 16.7. The van der Waals surface area contributed by atoms with E-state index in [0.717, 1.165) is 11.1 Å². The maximum absolute atomic E-state index is 14.1. The van der Waals surface area contributed by atoms with Crippen molar-refractivity contribution in [1.29, 1.82) is 0 Å². The van der Waals surface area contributed by atoms with Crippen LogP contribution in [-0.2, 0) is 28.0 Å². The Balaban J connectivity index is 1.77. The third-order valence-corrected chi connectivity index (χ3v) is 6.78. The molecule has 1 atom stereocenters. The Morgan fingerprint density at radius 2 is 1.70 bits per heavy atom. The highest BCUT2D eigenvalue weighted by Crippen LogP contribution is 2.43. The maximum atomic E-state index is 14.1. The Hall–Kier alpha value is -4.13. The summed E-state index contributed by atoms with van der Waals surface area (Å²) >= 11 is 0. The topological polar surface area (TPSA) is 98.9 Å². The van der Waals surface area contributed by atoms with Gasteiger partial charge < -0.3 is 15.2 Å². The van der Waals surface area contributed by atoms with Crippen molar-refractivity contribution in [3.8, 4) is 5.75 Å². The van der Waals surface area contributed by atoms with Crippen molar-refractivity contribution in [3.05, 3.63) is 94.5 Å². The molecule has 0 aromatic heterocycles. The second kappa shape index (κ2) is 9.73. The minimum Gasteiger partial charge on any atom is -0.496 e. The molecule has 3 aromatic carbocycles. The zero-order valence-corrected chi connectivity index (χ0v) is 21.8. The molecule has 3 aromatic rings. The van der Waals surface area contributed by atoms with Gasteiger partial charge in [0.2, 0.25) is 5.91 Å². The first kappa shape index (κ1) is 25.9. The molecule has 192 valence electrons. The van der Waals surface area contributed by atoms with E-state index in [1.165, 1.54) is 4.90 Å². The fourth-order valence-electron chi connectivity index (χ4n) is 4.84. The van der Waals surface area contributed by atoms with E-state index >= 15 is 0 Å². The van der Waals surface area contributed by atoms with Gasteiger partial charge in [0.15, 0.2) is 0 Å². The Morgan fingerprint density at radius 1 is 1.00 bits per heavy atom. The Morgan fingerprint density at radius 3 is 2.32 bits per heavy atom. The molecular weight excluding hydrogens is 468 g/mol. The fourth-order valence-corrected chi connectivity index (χ4v) is 4.84. The van der Waals surface area contributed by atoms with E-state index in [1.807, 2.05) is 36.4 Å². The molecule has 0 aliphatic carbocycles. The molecule has 0 saturated carbocycles. The summed E-state index contributed by atoms with van der Waals surface area (Å²) in [6.45, 7) is 7.91. The summed E-state index contributed by atoms with van der Waals surface area (Å²) in [5.41, 5.74) is 7.46. The number of fused-ring (bicyclic) bond motifs is 1. The van der Waals surface area contributed by atoms with Crippen molar-refractivity contribution >= 4 is 23.5 Å². The molecule has 0 saturated heterocycles. The number of benzene rings is 3. The lowest BCUT2D eigenvalue weighted by molar-refractivity contribution is -0.150. The molecule has 1 heterocycles. The number of carbonyl (C=O) groups excluding carboxylic acids is 3. The number of primary amides is 1. The number of carbonyl (C=O) groups is 3. The van der Waals surface area contributed by atoms with Crippen molar-refractivity contribution in [2.75, 3.05) is 12.0 Å². The first-order valence-corrected chi connectivity index (χ1v) is 12.1. The summed E-state index contributed by atoms with van der Waals surface area (Å²) in [4.78, 5) is 41.3. The molecule has 0 fully saturated rings. The molecule has 2 N–H and O–H groups in total. The molecule has 7 nitrogen and oxygen atoms in total. The number of anilines is 1. The number of esters is 1. The summed E-state index contributed by atoms with van der Waals surface area (Å²) in [5, 5.41) is 0. The quantitative estimate of drug-likeness (QED) is 0.491. The Bertz CT molecular complexity index is 1360. The first-order valence-electron chi connectivity index (χ1n) is 12.1. The van der Waals surface area contributed by atoms with E-state index in [-0.39, 0.29) is 24.0 Å². The number of rotatable bonds is 6. The van der Waals surface area contributed by atoms with Crippen LogP contribution in [0.2, 0.25) is 0 Å². The van der Waals surface area contributed by atoms with Gasteiger partial charge in [-0.1, -0.05) is 63.2 Å². The van der Waals surface area contributed by atoms with E-state index in [4.69, 9.17) is 15.2 Å². The molecule has 1 aliphatic heterocycles. The van der Waals surface area contributed by atoms with Crippen LogP contribution < -0.4 is 15.4 Å². The molecular formula is C30H32N2O5. The van der Waals surface area contributed by atoms with E-state index in [0.29, 0.717) is 22.6 Å². The van der Waals surface area contributed by atoms with Crippen LogP contribution in [0, 0.1) is 0 Å². The highest BCUT2D eigenvalue weighted by molar-refractivity contribution is 6.14. The first-order chi connectivity index (χ1) is 17.5. The van der Waals surface area contributed by atoms with Crippen molar-refractivity contribution in [1.82, 2.24) is 0 Å². The van der Waals surface area contributed by atoms with E-state index in [2.05, 4.69) is 20.8 Å².